The van der Waals surface area contributed by atoms with Crippen LogP contribution in [0.4, 0.5) is 0 Å². The second-order valence-electron chi connectivity index (χ2n) is 4.38. The van der Waals surface area contributed by atoms with E-state index in [4.69, 9.17) is 11.6 Å². The molecule has 1 aromatic rings. The highest BCUT2D eigenvalue weighted by atomic mass is 35.5. The molecule has 2 heterocycles. The van der Waals surface area contributed by atoms with Crippen LogP contribution < -0.4 is 10.6 Å². The third-order valence-corrected chi connectivity index (χ3v) is 4.29. The third kappa shape index (κ3) is 4.06. The van der Waals surface area contributed by atoms with Crippen LogP contribution in [-0.4, -0.2) is 19.6 Å². The van der Waals surface area contributed by atoms with Crippen molar-refractivity contribution in [3.63, 3.8) is 0 Å². The molecule has 1 aliphatic rings. The van der Waals surface area contributed by atoms with Gasteiger partial charge in [0.1, 0.15) is 0 Å². The average molecular weight is 259 g/mol. The average Bonchev–Trinajstić information content (AvgIpc) is 2.72. The molecule has 0 saturated carbocycles. The first-order chi connectivity index (χ1) is 7.84. The van der Waals surface area contributed by atoms with Gasteiger partial charge in [-0.05, 0) is 56.9 Å². The summed E-state index contributed by atoms with van der Waals surface area (Å²) in [7, 11) is 0. The second-order valence-corrected chi connectivity index (χ2v) is 6.18. The standard InChI is InChI=1S/C12H19ClN2S/c13-12-4-3-11(16-12)9-15-7-5-10-2-1-6-14-8-10/h3-4,10,14-15H,1-2,5-9H2. The zero-order valence-electron chi connectivity index (χ0n) is 9.47. The largest absolute Gasteiger partial charge is 0.316 e. The van der Waals surface area contributed by atoms with Gasteiger partial charge in [-0.1, -0.05) is 11.6 Å². The summed E-state index contributed by atoms with van der Waals surface area (Å²) < 4.78 is 0.883. The first-order valence-electron chi connectivity index (χ1n) is 6.00. The van der Waals surface area contributed by atoms with Gasteiger partial charge in [0.05, 0.1) is 4.34 Å². The molecule has 1 aliphatic heterocycles. The van der Waals surface area contributed by atoms with Gasteiger partial charge in [0.25, 0.3) is 0 Å². The maximum atomic E-state index is 5.88. The lowest BCUT2D eigenvalue weighted by atomic mass is 9.96. The van der Waals surface area contributed by atoms with Crippen LogP contribution in [0.3, 0.4) is 0 Å². The lowest BCUT2D eigenvalue weighted by Gasteiger charge is -2.22. The van der Waals surface area contributed by atoms with Crippen LogP contribution >= 0.6 is 22.9 Å². The molecule has 1 fully saturated rings. The summed E-state index contributed by atoms with van der Waals surface area (Å²) in [6.45, 7) is 4.48. The molecule has 2 rings (SSSR count). The number of thiophene rings is 1. The van der Waals surface area contributed by atoms with Crippen molar-refractivity contribution < 1.29 is 0 Å². The monoisotopic (exact) mass is 258 g/mol. The van der Waals surface area contributed by atoms with Crippen LogP contribution in [0.1, 0.15) is 24.1 Å². The molecule has 0 bridgehead atoms. The van der Waals surface area contributed by atoms with E-state index in [0.717, 1.165) is 23.3 Å². The highest BCUT2D eigenvalue weighted by molar-refractivity contribution is 7.16. The molecule has 0 aliphatic carbocycles. The molecule has 1 saturated heterocycles. The van der Waals surface area contributed by atoms with Crippen molar-refractivity contribution in [1.82, 2.24) is 10.6 Å². The van der Waals surface area contributed by atoms with Gasteiger partial charge >= 0.3 is 0 Å². The summed E-state index contributed by atoms with van der Waals surface area (Å²) in [5.74, 6) is 0.869. The van der Waals surface area contributed by atoms with Crippen LogP contribution in [0, 0.1) is 5.92 Å². The van der Waals surface area contributed by atoms with Gasteiger partial charge in [-0.3, -0.25) is 0 Å². The highest BCUT2D eigenvalue weighted by Gasteiger charge is 2.11. The van der Waals surface area contributed by atoms with Gasteiger partial charge in [-0.15, -0.1) is 11.3 Å². The molecule has 0 spiro atoms. The molecular formula is C12H19ClN2S. The molecular weight excluding hydrogens is 240 g/mol. The maximum absolute atomic E-state index is 5.88. The molecule has 0 radical (unpaired) electrons. The SMILES string of the molecule is Clc1ccc(CNCCC2CCCNC2)s1. The van der Waals surface area contributed by atoms with E-state index < -0.39 is 0 Å². The van der Waals surface area contributed by atoms with Gasteiger partial charge in [0.15, 0.2) is 0 Å². The van der Waals surface area contributed by atoms with Gasteiger partial charge in [-0.25, -0.2) is 0 Å². The van der Waals surface area contributed by atoms with E-state index in [1.54, 1.807) is 11.3 Å². The Morgan fingerprint density at radius 3 is 3.12 bits per heavy atom. The summed E-state index contributed by atoms with van der Waals surface area (Å²) >= 11 is 7.54. The summed E-state index contributed by atoms with van der Waals surface area (Å²) in [6, 6.07) is 4.07. The molecule has 16 heavy (non-hydrogen) atoms. The fourth-order valence-corrected chi connectivity index (χ4v) is 3.19. The summed E-state index contributed by atoms with van der Waals surface area (Å²) in [5, 5.41) is 6.94. The van der Waals surface area contributed by atoms with Crippen molar-refractivity contribution in [3.8, 4) is 0 Å². The smallest absolute Gasteiger partial charge is 0.0931 e. The zero-order chi connectivity index (χ0) is 11.2. The molecule has 0 amide bonds. The van der Waals surface area contributed by atoms with Crippen molar-refractivity contribution in [2.24, 2.45) is 5.92 Å². The first kappa shape index (κ1) is 12.4. The Hall–Kier alpha value is -0.0900. The van der Waals surface area contributed by atoms with Crippen molar-refractivity contribution in [3.05, 3.63) is 21.3 Å². The Bertz CT molecular complexity index is 308. The molecule has 4 heteroatoms. The van der Waals surface area contributed by atoms with Crippen LogP contribution in [0.15, 0.2) is 12.1 Å². The Kier molecular flexibility index (Phi) is 5.10. The maximum Gasteiger partial charge on any atom is 0.0931 e. The summed E-state index contributed by atoms with van der Waals surface area (Å²) in [6.07, 6.45) is 4.01. The Labute approximate surface area is 106 Å². The molecule has 2 N–H and O–H groups in total. The summed E-state index contributed by atoms with van der Waals surface area (Å²) in [5.41, 5.74) is 0. The minimum Gasteiger partial charge on any atom is -0.316 e. The van der Waals surface area contributed by atoms with Gasteiger partial charge in [0, 0.05) is 11.4 Å². The van der Waals surface area contributed by atoms with E-state index in [0.29, 0.717) is 0 Å². The van der Waals surface area contributed by atoms with Gasteiger partial charge in [-0.2, -0.15) is 0 Å². The van der Waals surface area contributed by atoms with E-state index in [-0.39, 0.29) is 0 Å². The first-order valence-corrected chi connectivity index (χ1v) is 7.19. The Balaban J connectivity index is 1.57. The number of hydrogen-bond acceptors (Lipinski definition) is 3. The normalized spacial score (nSPS) is 21.2. The van der Waals surface area contributed by atoms with Crippen molar-refractivity contribution >= 4 is 22.9 Å². The number of nitrogens with one attached hydrogen (secondary N) is 2. The molecule has 1 unspecified atom stereocenters. The minimum absolute atomic E-state index is 0.869. The predicted molar refractivity (Wildman–Crippen MR) is 71.2 cm³/mol. The lowest BCUT2D eigenvalue weighted by Crippen LogP contribution is -2.31. The molecule has 2 nitrogen and oxygen atoms in total. The predicted octanol–water partition coefficient (Wildman–Crippen LogP) is 2.88. The van der Waals surface area contributed by atoms with Crippen LogP contribution in [-0.2, 0) is 6.54 Å². The molecule has 0 aromatic carbocycles. The van der Waals surface area contributed by atoms with Crippen molar-refractivity contribution in [2.45, 2.75) is 25.8 Å². The summed E-state index contributed by atoms with van der Waals surface area (Å²) in [4.78, 5) is 1.33. The van der Waals surface area contributed by atoms with E-state index in [1.165, 1.54) is 37.2 Å². The topological polar surface area (TPSA) is 24.1 Å². The number of rotatable bonds is 5. The second kappa shape index (κ2) is 6.60. The van der Waals surface area contributed by atoms with E-state index in [1.807, 2.05) is 6.07 Å². The molecule has 1 atom stereocenters. The Morgan fingerprint density at radius 2 is 2.44 bits per heavy atom. The van der Waals surface area contributed by atoms with Crippen LogP contribution in [0.5, 0.6) is 0 Å². The van der Waals surface area contributed by atoms with Gasteiger partial charge < -0.3 is 10.6 Å². The van der Waals surface area contributed by atoms with Crippen LogP contribution in [0.25, 0.3) is 0 Å². The number of hydrogen-bond donors (Lipinski definition) is 2. The molecule has 1 aromatic heterocycles. The quantitative estimate of drug-likeness (QED) is 0.794. The fourth-order valence-electron chi connectivity index (χ4n) is 2.13. The minimum atomic E-state index is 0.869. The molecule has 90 valence electrons. The van der Waals surface area contributed by atoms with Gasteiger partial charge in [0.2, 0.25) is 0 Å². The zero-order valence-corrected chi connectivity index (χ0v) is 11.0. The van der Waals surface area contributed by atoms with E-state index in [2.05, 4.69) is 16.7 Å². The van der Waals surface area contributed by atoms with Crippen molar-refractivity contribution in [1.29, 1.82) is 0 Å². The lowest BCUT2D eigenvalue weighted by molar-refractivity contribution is 0.352. The Morgan fingerprint density at radius 1 is 1.50 bits per heavy atom. The number of piperidine rings is 1. The third-order valence-electron chi connectivity index (χ3n) is 3.06. The van der Waals surface area contributed by atoms with E-state index >= 15 is 0 Å². The fraction of sp³-hybridized carbons (Fsp3) is 0.667. The van der Waals surface area contributed by atoms with Crippen LogP contribution in [0.2, 0.25) is 4.34 Å². The number of halogens is 1. The van der Waals surface area contributed by atoms with E-state index in [9.17, 15) is 0 Å². The highest BCUT2D eigenvalue weighted by Crippen LogP contribution is 2.21. The van der Waals surface area contributed by atoms with Crippen molar-refractivity contribution in [2.75, 3.05) is 19.6 Å².